The molecule has 0 heterocycles. The van der Waals surface area contributed by atoms with Gasteiger partial charge in [-0.15, -0.1) is 0 Å². The normalized spacial score (nSPS) is 33.3. The lowest BCUT2D eigenvalue weighted by Crippen LogP contribution is -2.38. The van der Waals surface area contributed by atoms with Crippen LogP contribution < -0.4 is 0 Å². The highest BCUT2D eigenvalue weighted by atomic mass is 79.9. The summed E-state index contributed by atoms with van der Waals surface area (Å²) < 4.78 is 0. The molecule has 4 unspecified atom stereocenters. The third kappa shape index (κ3) is 2.69. The van der Waals surface area contributed by atoms with Crippen molar-refractivity contribution >= 4 is 21.9 Å². The highest BCUT2D eigenvalue weighted by molar-refractivity contribution is 9.09. The van der Waals surface area contributed by atoms with E-state index in [1.54, 1.807) is 0 Å². The van der Waals surface area contributed by atoms with Gasteiger partial charge in [-0.3, -0.25) is 4.79 Å². The molecule has 3 nitrogen and oxygen atoms in total. The van der Waals surface area contributed by atoms with Gasteiger partial charge >= 0.3 is 5.97 Å². The van der Waals surface area contributed by atoms with Crippen LogP contribution in [0.4, 0.5) is 0 Å². The Morgan fingerprint density at radius 1 is 1.24 bits per heavy atom. The summed E-state index contributed by atoms with van der Waals surface area (Å²) in [6.45, 7) is 0. The first-order valence-corrected chi connectivity index (χ1v) is 6.61. The van der Waals surface area contributed by atoms with E-state index in [9.17, 15) is 9.90 Å². The van der Waals surface area contributed by atoms with E-state index < -0.39 is 18.0 Å². The summed E-state index contributed by atoms with van der Waals surface area (Å²) in [6.07, 6.45) is 0.207. The molecule has 1 saturated carbocycles. The number of carbonyl (C=O) groups is 1. The molecule has 1 aromatic rings. The van der Waals surface area contributed by atoms with Crippen molar-refractivity contribution in [2.24, 2.45) is 5.92 Å². The fraction of sp³-hybridized carbons (Fsp3) is 0.462. The maximum atomic E-state index is 11.0. The molecule has 2 N–H and O–H groups in total. The zero-order valence-electron chi connectivity index (χ0n) is 9.29. The molecule has 4 heteroatoms. The number of aliphatic carboxylic acids is 1. The van der Waals surface area contributed by atoms with E-state index in [1.165, 1.54) is 0 Å². The molecule has 0 radical (unpaired) electrons. The van der Waals surface area contributed by atoms with Crippen LogP contribution >= 0.6 is 15.9 Å². The van der Waals surface area contributed by atoms with E-state index in [1.807, 2.05) is 30.3 Å². The second-order valence-electron chi connectivity index (χ2n) is 4.52. The molecule has 2 rings (SSSR count). The van der Waals surface area contributed by atoms with Crippen molar-refractivity contribution < 1.29 is 15.0 Å². The summed E-state index contributed by atoms with van der Waals surface area (Å²) in [5.41, 5.74) is 1.15. The predicted molar refractivity (Wildman–Crippen MR) is 68.3 cm³/mol. The molecular weight excluding hydrogens is 284 g/mol. The van der Waals surface area contributed by atoms with E-state index in [4.69, 9.17) is 5.11 Å². The molecule has 0 aromatic heterocycles. The Morgan fingerprint density at radius 2 is 1.88 bits per heavy atom. The molecule has 1 aliphatic rings. The molecule has 0 spiro atoms. The van der Waals surface area contributed by atoms with Gasteiger partial charge in [-0.05, 0) is 24.3 Å². The number of rotatable bonds is 2. The van der Waals surface area contributed by atoms with Crippen LogP contribution in [0.5, 0.6) is 0 Å². The first-order chi connectivity index (χ1) is 8.09. The summed E-state index contributed by atoms with van der Waals surface area (Å²) in [5, 5.41) is 18.9. The zero-order chi connectivity index (χ0) is 12.4. The molecular formula is C13H15BrO3. The molecule has 1 fully saturated rings. The molecule has 92 valence electrons. The van der Waals surface area contributed by atoms with Crippen LogP contribution in [0.2, 0.25) is 0 Å². The van der Waals surface area contributed by atoms with Gasteiger partial charge in [0.15, 0.2) is 0 Å². The Hall–Kier alpha value is -0.870. The smallest absolute Gasteiger partial charge is 0.309 e. The highest BCUT2D eigenvalue weighted by Crippen LogP contribution is 2.40. The average Bonchev–Trinajstić information content (AvgIpc) is 2.32. The predicted octanol–water partition coefficient (Wildman–Crippen LogP) is 2.39. The largest absolute Gasteiger partial charge is 0.481 e. The van der Waals surface area contributed by atoms with Gasteiger partial charge in [0.2, 0.25) is 0 Å². The number of alkyl halides is 1. The summed E-state index contributed by atoms with van der Waals surface area (Å²) in [5.74, 6) is -1.38. The maximum Gasteiger partial charge on any atom is 0.309 e. The van der Waals surface area contributed by atoms with Gasteiger partial charge < -0.3 is 10.2 Å². The number of halogens is 1. The number of aliphatic hydroxyl groups is 1. The minimum atomic E-state index is -0.909. The topological polar surface area (TPSA) is 57.5 Å². The van der Waals surface area contributed by atoms with Gasteiger partial charge in [0.05, 0.1) is 12.0 Å². The molecule has 0 bridgehead atoms. The van der Waals surface area contributed by atoms with Crippen molar-refractivity contribution in [2.45, 2.75) is 29.7 Å². The number of hydrogen-bond acceptors (Lipinski definition) is 2. The minimum absolute atomic E-state index is 0.106. The zero-order valence-corrected chi connectivity index (χ0v) is 10.9. The molecule has 0 saturated heterocycles. The lowest BCUT2D eigenvalue weighted by atomic mass is 9.77. The summed E-state index contributed by atoms with van der Waals surface area (Å²) in [4.78, 5) is 11.1. The lowest BCUT2D eigenvalue weighted by Gasteiger charge is -2.35. The molecule has 0 aliphatic heterocycles. The monoisotopic (exact) mass is 298 g/mol. The van der Waals surface area contributed by atoms with Gasteiger partial charge in [0.1, 0.15) is 0 Å². The van der Waals surface area contributed by atoms with Crippen LogP contribution in [-0.2, 0) is 4.79 Å². The summed E-state index contributed by atoms with van der Waals surface area (Å²) >= 11 is 3.55. The van der Waals surface area contributed by atoms with Crippen LogP contribution in [-0.4, -0.2) is 27.1 Å². The fourth-order valence-electron chi connectivity index (χ4n) is 2.45. The first-order valence-electron chi connectivity index (χ1n) is 5.69. The molecule has 1 aliphatic carbocycles. The minimum Gasteiger partial charge on any atom is -0.481 e. The number of benzene rings is 1. The standard InChI is InChI=1S/C13H15BrO3/c14-11-6-10(13(16)17)12(15)7-9(11)8-4-2-1-3-5-8/h1-5,9-12,15H,6-7H2,(H,16,17). The van der Waals surface area contributed by atoms with Crippen LogP contribution in [0.25, 0.3) is 0 Å². The van der Waals surface area contributed by atoms with Crippen LogP contribution in [0.3, 0.4) is 0 Å². The van der Waals surface area contributed by atoms with Crippen molar-refractivity contribution in [3.63, 3.8) is 0 Å². The van der Waals surface area contributed by atoms with Crippen LogP contribution in [0.1, 0.15) is 24.3 Å². The fourth-order valence-corrected chi connectivity index (χ4v) is 3.37. The molecule has 4 atom stereocenters. The molecule has 0 amide bonds. The Labute approximate surface area is 109 Å². The average molecular weight is 299 g/mol. The van der Waals surface area contributed by atoms with Gasteiger partial charge in [0, 0.05) is 4.83 Å². The number of carboxylic acid groups (broad SMARTS) is 1. The van der Waals surface area contributed by atoms with E-state index in [-0.39, 0.29) is 10.7 Å². The SMILES string of the molecule is O=C(O)C1CC(Br)C(c2ccccc2)CC1O. The van der Waals surface area contributed by atoms with E-state index >= 15 is 0 Å². The van der Waals surface area contributed by atoms with Gasteiger partial charge in [0.25, 0.3) is 0 Å². The number of carboxylic acids is 1. The highest BCUT2D eigenvalue weighted by Gasteiger charge is 2.39. The Kier molecular flexibility index (Phi) is 3.84. The van der Waals surface area contributed by atoms with Crippen molar-refractivity contribution in [1.29, 1.82) is 0 Å². The van der Waals surface area contributed by atoms with E-state index in [2.05, 4.69) is 15.9 Å². The van der Waals surface area contributed by atoms with Crippen molar-refractivity contribution in [2.75, 3.05) is 0 Å². The van der Waals surface area contributed by atoms with Crippen LogP contribution in [0.15, 0.2) is 30.3 Å². The Bertz CT molecular complexity index is 393. The first kappa shape index (κ1) is 12.6. The van der Waals surface area contributed by atoms with Gasteiger partial charge in [-0.25, -0.2) is 0 Å². The number of hydrogen-bond donors (Lipinski definition) is 2. The van der Waals surface area contributed by atoms with Gasteiger partial charge in [-0.1, -0.05) is 46.3 Å². The quantitative estimate of drug-likeness (QED) is 0.824. The lowest BCUT2D eigenvalue weighted by molar-refractivity contribution is -0.147. The maximum absolute atomic E-state index is 11.0. The molecule has 1 aromatic carbocycles. The summed E-state index contributed by atoms with van der Waals surface area (Å²) in [6, 6.07) is 9.92. The van der Waals surface area contributed by atoms with Crippen molar-refractivity contribution in [3.05, 3.63) is 35.9 Å². The number of aliphatic hydroxyl groups excluding tert-OH is 1. The third-order valence-electron chi connectivity index (χ3n) is 3.42. The Balaban J connectivity index is 2.15. The summed E-state index contributed by atoms with van der Waals surface area (Å²) in [7, 11) is 0. The van der Waals surface area contributed by atoms with Crippen molar-refractivity contribution in [3.8, 4) is 0 Å². The third-order valence-corrected chi connectivity index (χ3v) is 4.43. The van der Waals surface area contributed by atoms with Crippen molar-refractivity contribution in [1.82, 2.24) is 0 Å². The second-order valence-corrected chi connectivity index (χ2v) is 5.69. The van der Waals surface area contributed by atoms with E-state index in [0.717, 1.165) is 5.56 Å². The van der Waals surface area contributed by atoms with E-state index in [0.29, 0.717) is 12.8 Å². The Morgan fingerprint density at radius 3 is 2.47 bits per heavy atom. The second kappa shape index (κ2) is 5.19. The van der Waals surface area contributed by atoms with Crippen LogP contribution in [0, 0.1) is 5.92 Å². The van der Waals surface area contributed by atoms with Gasteiger partial charge in [-0.2, -0.15) is 0 Å². The molecule has 17 heavy (non-hydrogen) atoms.